The van der Waals surface area contributed by atoms with Crippen molar-refractivity contribution < 1.29 is 9.53 Å². The zero-order valence-corrected chi connectivity index (χ0v) is 14.1. The van der Waals surface area contributed by atoms with E-state index in [9.17, 15) is 4.79 Å². The number of rotatable bonds is 5. The topological polar surface area (TPSA) is 38.3 Å². The quantitative estimate of drug-likeness (QED) is 0.739. The van der Waals surface area contributed by atoms with Gasteiger partial charge < -0.3 is 10.1 Å². The van der Waals surface area contributed by atoms with Crippen LogP contribution >= 0.6 is 11.6 Å². The molecule has 0 saturated heterocycles. The van der Waals surface area contributed by atoms with Crippen molar-refractivity contribution >= 4 is 28.3 Å². The number of hydrogen-bond acceptors (Lipinski definition) is 2. The van der Waals surface area contributed by atoms with Crippen molar-refractivity contribution in [1.29, 1.82) is 0 Å². The molecule has 1 atom stereocenters. The molecule has 0 aliphatic rings. The van der Waals surface area contributed by atoms with Gasteiger partial charge in [0.15, 0.2) is 6.10 Å². The van der Waals surface area contributed by atoms with Crippen molar-refractivity contribution in [3.05, 3.63) is 77.3 Å². The molecule has 0 bridgehead atoms. The highest BCUT2D eigenvalue weighted by Gasteiger charge is 2.15. The Morgan fingerprint density at radius 2 is 1.75 bits per heavy atom. The molecule has 3 aromatic rings. The van der Waals surface area contributed by atoms with Gasteiger partial charge in [-0.15, -0.1) is 0 Å². The first-order valence-electron chi connectivity index (χ1n) is 7.80. The average molecular weight is 340 g/mol. The maximum Gasteiger partial charge on any atom is 0.261 e. The number of para-hydroxylation sites is 1. The summed E-state index contributed by atoms with van der Waals surface area (Å²) >= 11 is 6.05. The van der Waals surface area contributed by atoms with Crippen LogP contribution in [0.1, 0.15) is 12.5 Å². The van der Waals surface area contributed by atoms with E-state index < -0.39 is 6.10 Å². The lowest BCUT2D eigenvalue weighted by Crippen LogP contribution is -2.36. The van der Waals surface area contributed by atoms with Crippen LogP contribution in [0.15, 0.2) is 66.7 Å². The molecule has 0 spiro atoms. The van der Waals surface area contributed by atoms with Crippen LogP contribution in [0.3, 0.4) is 0 Å². The second kappa shape index (κ2) is 7.37. The smallest absolute Gasteiger partial charge is 0.261 e. The summed E-state index contributed by atoms with van der Waals surface area (Å²) in [6, 6.07) is 21.3. The third-order valence-electron chi connectivity index (χ3n) is 3.84. The molecule has 0 aliphatic heterocycles. The van der Waals surface area contributed by atoms with E-state index >= 15 is 0 Å². The van der Waals surface area contributed by atoms with E-state index in [1.165, 1.54) is 0 Å². The van der Waals surface area contributed by atoms with Crippen molar-refractivity contribution in [3.63, 3.8) is 0 Å². The Morgan fingerprint density at radius 3 is 2.58 bits per heavy atom. The van der Waals surface area contributed by atoms with Gasteiger partial charge in [-0.3, -0.25) is 4.79 Å². The number of carbonyl (C=O) groups excluding carboxylic acids is 1. The molecule has 122 valence electrons. The first-order valence-corrected chi connectivity index (χ1v) is 8.18. The van der Waals surface area contributed by atoms with Gasteiger partial charge >= 0.3 is 0 Å². The van der Waals surface area contributed by atoms with Gasteiger partial charge in [0, 0.05) is 6.54 Å². The molecule has 0 aliphatic carbocycles. The summed E-state index contributed by atoms with van der Waals surface area (Å²) in [6.45, 7) is 2.16. The van der Waals surface area contributed by atoms with Gasteiger partial charge in [0.05, 0.1) is 5.02 Å². The van der Waals surface area contributed by atoms with Crippen LogP contribution in [0.5, 0.6) is 5.75 Å². The maximum atomic E-state index is 12.3. The fourth-order valence-electron chi connectivity index (χ4n) is 2.56. The number of nitrogens with one attached hydrogen (secondary N) is 1. The lowest BCUT2D eigenvalue weighted by Gasteiger charge is -2.16. The first-order chi connectivity index (χ1) is 11.6. The molecule has 1 amide bonds. The van der Waals surface area contributed by atoms with Crippen molar-refractivity contribution in [1.82, 2.24) is 5.32 Å². The van der Waals surface area contributed by atoms with Crippen LogP contribution < -0.4 is 10.1 Å². The summed E-state index contributed by atoms with van der Waals surface area (Å²) in [6.07, 6.45) is -0.625. The summed E-state index contributed by atoms with van der Waals surface area (Å²) in [5.41, 5.74) is 1.08. The van der Waals surface area contributed by atoms with Crippen molar-refractivity contribution in [2.24, 2.45) is 0 Å². The second-order valence-electron chi connectivity index (χ2n) is 5.55. The standard InChI is InChI=1S/C20H18ClNO2/c1-14(24-19-12-5-4-11-18(19)21)20(23)22-13-16-9-6-8-15-7-2-3-10-17(15)16/h2-12,14H,13H2,1H3,(H,22,23)/t14-/m0/s1. The summed E-state index contributed by atoms with van der Waals surface area (Å²) in [7, 11) is 0. The van der Waals surface area contributed by atoms with E-state index in [1.54, 1.807) is 19.1 Å². The molecular formula is C20H18ClNO2. The Balaban J connectivity index is 1.65. The van der Waals surface area contributed by atoms with Gasteiger partial charge in [-0.1, -0.05) is 66.2 Å². The normalized spacial score (nSPS) is 11.9. The molecule has 1 N–H and O–H groups in total. The maximum absolute atomic E-state index is 12.3. The summed E-state index contributed by atoms with van der Waals surface area (Å²) in [5.74, 6) is 0.329. The van der Waals surface area contributed by atoms with Gasteiger partial charge in [0.1, 0.15) is 5.75 Å². The molecule has 0 saturated carbocycles. The average Bonchev–Trinajstić information content (AvgIpc) is 2.61. The van der Waals surface area contributed by atoms with Crippen LogP contribution in [-0.2, 0) is 11.3 Å². The highest BCUT2D eigenvalue weighted by molar-refractivity contribution is 6.32. The lowest BCUT2D eigenvalue weighted by molar-refractivity contribution is -0.127. The van der Waals surface area contributed by atoms with Crippen LogP contribution in [0.2, 0.25) is 5.02 Å². The van der Waals surface area contributed by atoms with Crippen molar-refractivity contribution in [3.8, 4) is 5.75 Å². The summed E-state index contributed by atoms with van der Waals surface area (Å²) < 4.78 is 5.64. The van der Waals surface area contributed by atoms with Crippen LogP contribution in [0.25, 0.3) is 10.8 Å². The molecule has 0 unspecified atom stereocenters. The number of carbonyl (C=O) groups is 1. The number of amides is 1. The van der Waals surface area contributed by atoms with E-state index in [1.807, 2.05) is 36.4 Å². The minimum Gasteiger partial charge on any atom is -0.479 e. The number of halogens is 1. The summed E-state index contributed by atoms with van der Waals surface area (Å²) in [5, 5.41) is 5.71. The van der Waals surface area contributed by atoms with Gasteiger partial charge in [-0.05, 0) is 35.4 Å². The fraction of sp³-hybridized carbons (Fsp3) is 0.150. The number of hydrogen-bond donors (Lipinski definition) is 1. The Labute approximate surface area is 146 Å². The predicted octanol–water partition coefficient (Wildman–Crippen LogP) is 4.58. The lowest BCUT2D eigenvalue weighted by atomic mass is 10.0. The van der Waals surface area contributed by atoms with E-state index in [-0.39, 0.29) is 5.91 Å². The molecule has 0 aromatic heterocycles. The summed E-state index contributed by atoms with van der Waals surface area (Å²) in [4.78, 5) is 12.3. The second-order valence-corrected chi connectivity index (χ2v) is 5.95. The number of ether oxygens (including phenoxy) is 1. The van der Waals surface area contributed by atoms with Gasteiger partial charge in [-0.2, -0.15) is 0 Å². The SMILES string of the molecule is C[C@H](Oc1ccccc1Cl)C(=O)NCc1cccc2ccccc12. The van der Waals surface area contributed by atoms with Crippen molar-refractivity contribution in [2.75, 3.05) is 0 Å². The van der Waals surface area contributed by atoms with E-state index in [4.69, 9.17) is 16.3 Å². The predicted molar refractivity (Wildman–Crippen MR) is 97.3 cm³/mol. The zero-order valence-electron chi connectivity index (χ0n) is 13.3. The van der Waals surface area contributed by atoms with Gasteiger partial charge in [-0.25, -0.2) is 0 Å². The highest BCUT2D eigenvalue weighted by Crippen LogP contribution is 2.24. The van der Waals surface area contributed by atoms with E-state index in [0.717, 1.165) is 16.3 Å². The number of fused-ring (bicyclic) bond motifs is 1. The van der Waals surface area contributed by atoms with E-state index in [0.29, 0.717) is 17.3 Å². The Kier molecular flexibility index (Phi) is 5.02. The zero-order chi connectivity index (χ0) is 16.9. The van der Waals surface area contributed by atoms with Crippen LogP contribution in [-0.4, -0.2) is 12.0 Å². The molecule has 0 fully saturated rings. The molecular weight excluding hydrogens is 322 g/mol. The minimum atomic E-state index is -0.625. The third-order valence-corrected chi connectivity index (χ3v) is 4.15. The Bertz CT molecular complexity index is 858. The van der Waals surface area contributed by atoms with Crippen LogP contribution in [0, 0.1) is 0 Å². The third kappa shape index (κ3) is 3.69. The molecule has 3 nitrogen and oxygen atoms in total. The molecule has 4 heteroatoms. The van der Waals surface area contributed by atoms with Crippen molar-refractivity contribution in [2.45, 2.75) is 19.6 Å². The molecule has 0 radical (unpaired) electrons. The largest absolute Gasteiger partial charge is 0.479 e. The van der Waals surface area contributed by atoms with Gasteiger partial charge in [0.25, 0.3) is 5.91 Å². The number of benzene rings is 3. The first kappa shape index (κ1) is 16.3. The minimum absolute atomic E-state index is 0.178. The van der Waals surface area contributed by atoms with Crippen LogP contribution in [0.4, 0.5) is 0 Å². The molecule has 24 heavy (non-hydrogen) atoms. The molecule has 3 aromatic carbocycles. The van der Waals surface area contributed by atoms with E-state index in [2.05, 4.69) is 23.5 Å². The molecule has 0 heterocycles. The molecule has 3 rings (SSSR count). The highest BCUT2D eigenvalue weighted by atomic mass is 35.5. The van der Waals surface area contributed by atoms with Gasteiger partial charge in [0.2, 0.25) is 0 Å². The Hall–Kier alpha value is -2.52. The Morgan fingerprint density at radius 1 is 1.04 bits per heavy atom. The fourth-order valence-corrected chi connectivity index (χ4v) is 2.74. The monoisotopic (exact) mass is 339 g/mol.